The Bertz CT molecular complexity index is 1120. The van der Waals surface area contributed by atoms with Crippen LogP contribution in [0.2, 0.25) is 0 Å². The standard InChI is InChI=1S/C27H33FN4O3/c1-16(2)35-22-6-3-17(4-7-22)27(33)32-13-18-9-19(28)12-29-26(18)30-24-8-5-20(11-25(24)32)31-14-23-10-21(31)15-34-23/h5,8-9,11-12,16-17,21-23H,3-4,6-7,10,13-15H2,1-2H3,(H,29,30)/t17?,21-,22?,23?/m0/s1. The molecule has 1 aromatic carbocycles. The molecule has 1 N–H and O–H groups in total. The number of hydrogen-bond donors (Lipinski definition) is 1. The summed E-state index contributed by atoms with van der Waals surface area (Å²) in [5, 5.41) is 3.36. The first-order valence-electron chi connectivity index (χ1n) is 12.8. The van der Waals surface area contributed by atoms with E-state index in [-0.39, 0.29) is 30.1 Å². The maximum atomic E-state index is 14.1. The number of rotatable bonds is 4. The van der Waals surface area contributed by atoms with Gasteiger partial charge in [0, 0.05) is 23.7 Å². The number of ether oxygens (including phenoxy) is 2. The van der Waals surface area contributed by atoms with E-state index in [1.165, 1.54) is 12.3 Å². The summed E-state index contributed by atoms with van der Waals surface area (Å²) in [5.41, 5.74) is 3.42. The van der Waals surface area contributed by atoms with Gasteiger partial charge in [-0.3, -0.25) is 4.79 Å². The van der Waals surface area contributed by atoms with Gasteiger partial charge in [0.05, 0.1) is 55.1 Å². The van der Waals surface area contributed by atoms with Crippen molar-refractivity contribution in [3.8, 4) is 0 Å². The Balaban J connectivity index is 1.31. The normalized spacial score (nSPS) is 27.4. The third-order valence-corrected chi connectivity index (χ3v) is 7.77. The number of amides is 1. The second-order valence-electron chi connectivity index (χ2n) is 10.6. The smallest absolute Gasteiger partial charge is 0.230 e. The van der Waals surface area contributed by atoms with E-state index in [0.717, 1.165) is 62.3 Å². The van der Waals surface area contributed by atoms with Crippen LogP contribution in [0.4, 0.5) is 27.3 Å². The van der Waals surface area contributed by atoms with Crippen LogP contribution in [0.3, 0.4) is 0 Å². The number of anilines is 4. The van der Waals surface area contributed by atoms with Crippen LogP contribution < -0.4 is 15.1 Å². The summed E-state index contributed by atoms with van der Waals surface area (Å²) in [6.45, 7) is 6.02. The first-order valence-corrected chi connectivity index (χ1v) is 12.8. The van der Waals surface area contributed by atoms with Crippen molar-refractivity contribution in [3.05, 3.63) is 41.8 Å². The average Bonchev–Trinajstić information content (AvgIpc) is 3.44. The summed E-state index contributed by atoms with van der Waals surface area (Å²) in [5.74, 6) is 0.219. The predicted octanol–water partition coefficient (Wildman–Crippen LogP) is 4.77. The van der Waals surface area contributed by atoms with E-state index in [9.17, 15) is 9.18 Å². The highest BCUT2D eigenvalue weighted by Crippen LogP contribution is 2.42. The van der Waals surface area contributed by atoms with Gasteiger partial charge in [0.2, 0.25) is 5.91 Å². The summed E-state index contributed by atoms with van der Waals surface area (Å²) in [6.07, 6.45) is 6.34. The molecule has 1 saturated carbocycles. The lowest BCUT2D eigenvalue weighted by molar-refractivity contribution is -0.124. The van der Waals surface area contributed by atoms with E-state index >= 15 is 0 Å². The van der Waals surface area contributed by atoms with E-state index in [4.69, 9.17) is 9.47 Å². The minimum absolute atomic E-state index is 0.0715. The largest absolute Gasteiger partial charge is 0.376 e. The van der Waals surface area contributed by atoms with Crippen LogP contribution in [0.15, 0.2) is 30.5 Å². The van der Waals surface area contributed by atoms with Crippen LogP contribution in [-0.4, -0.2) is 48.4 Å². The molecule has 1 amide bonds. The summed E-state index contributed by atoms with van der Waals surface area (Å²) in [6, 6.07) is 8.08. The van der Waals surface area contributed by atoms with Crippen molar-refractivity contribution >= 4 is 28.8 Å². The molecule has 4 aliphatic rings. The molecule has 7 nitrogen and oxygen atoms in total. The lowest BCUT2D eigenvalue weighted by Crippen LogP contribution is -2.39. The average molecular weight is 481 g/mol. The first-order chi connectivity index (χ1) is 16.9. The number of carbonyl (C=O) groups is 1. The summed E-state index contributed by atoms with van der Waals surface area (Å²) in [4.78, 5) is 22.5. The van der Waals surface area contributed by atoms with Gasteiger partial charge in [0.1, 0.15) is 11.6 Å². The number of carbonyl (C=O) groups excluding carboxylic acids is 1. The Morgan fingerprint density at radius 1 is 1.23 bits per heavy atom. The molecule has 8 heteroatoms. The van der Waals surface area contributed by atoms with Gasteiger partial charge in [-0.15, -0.1) is 0 Å². The number of fused-ring (bicyclic) bond motifs is 4. The van der Waals surface area contributed by atoms with Crippen molar-refractivity contribution in [2.24, 2.45) is 5.92 Å². The van der Waals surface area contributed by atoms with Gasteiger partial charge >= 0.3 is 0 Å². The quantitative estimate of drug-likeness (QED) is 0.680. The van der Waals surface area contributed by atoms with Crippen molar-refractivity contribution in [1.82, 2.24) is 4.98 Å². The minimum Gasteiger partial charge on any atom is -0.376 e. The third-order valence-electron chi connectivity index (χ3n) is 7.77. The zero-order valence-electron chi connectivity index (χ0n) is 20.4. The number of halogens is 1. The molecule has 2 bridgehead atoms. The van der Waals surface area contributed by atoms with Gasteiger partial charge in [-0.05, 0) is 70.2 Å². The van der Waals surface area contributed by atoms with Crippen LogP contribution in [0.1, 0.15) is 51.5 Å². The summed E-state index contributed by atoms with van der Waals surface area (Å²) >= 11 is 0. The highest BCUT2D eigenvalue weighted by atomic mass is 19.1. The van der Waals surface area contributed by atoms with Gasteiger partial charge in [-0.2, -0.15) is 0 Å². The fourth-order valence-electron chi connectivity index (χ4n) is 6.09. The second kappa shape index (κ2) is 9.06. The van der Waals surface area contributed by atoms with E-state index in [1.54, 1.807) is 0 Å². The van der Waals surface area contributed by atoms with Crippen molar-refractivity contribution in [1.29, 1.82) is 0 Å². The van der Waals surface area contributed by atoms with Gasteiger partial charge in [-0.1, -0.05) is 0 Å². The van der Waals surface area contributed by atoms with Crippen molar-refractivity contribution < 1.29 is 18.7 Å². The van der Waals surface area contributed by atoms with Crippen molar-refractivity contribution in [3.63, 3.8) is 0 Å². The molecule has 0 spiro atoms. The molecule has 2 aromatic rings. The van der Waals surface area contributed by atoms with Gasteiger partial charge < -0.3 is 24.6 Å². The van der Waals surface area contributed by atoms with E-state index in [2.05, 4.69) is 41.2 Å². The first kappa shape index (κ1) is 22.7. The molecule has 3 fully saturated rings. The number of benzene rings is 1. The number of aromatic nitrogens is 1. The van der Waals surface area contributed by atoms with Crippen LogP contribution >= 0.6 is 0 Å². The number of nitrogens with zero attached hydrogens (tertiary/aromatic N) is 3. The van der Waals surface area contributed by atoms with Gasteiger partial charge in [-0.25, -0.2) is 9.37 Å². The predicted molar refractivity (Wildman–Crippen MR) is 133 cm³/mol. The molecule has 3 aliphatic heterocycles. The molecule has 35 heavy (non-hydrogen) atoms. The lowest BCUT2D eigenvalue weighted by Gasteiger charge is -2.34. The van der Waals surface area contributed by atoms with E-state index in [0.29, 0.717) is 24.0 Å². The summed E-state index contributed by atoms with van der Waals surface area (Å²) < 4.78 is 25.9. The van der Waals surface area contributed by atoms with Crippen LogP contribution in [0, 0.1) is 11.7 Å². The maximum absolute atomic E-state index is 14.1. The highest BCUT2D eigenvalue weighted by Gasteiger charge is 2.40. The van der Waals surface area contributed by atoms with Gasteiger partial charge in [0.25, 0.3) is 0 Å². The number of pyridine rings is 1. The lowest BCUT2D eigenvalue weighted by atomic mass is 9.86. The molecule has 0 radical (unpaired) electrons. The van der Waals surface area contributed by atoms with E-state index in [1.807, 2.05) is 11.0 Å². The van der Waals surface area contributed by atoms with Crippen LogP contribution in [0.5, 0.6) is 0 Å². The molecule has 6 rings (SSSR count). The highest BCUT2D eigenvalue weighted by molar-refractivity contribution is 6.00. The molecule has 2 saturated heterocycles. The monoisotopic (exact) mass is 480 g/mol. The van der Waals surface area contributed by atoms with E-state index < -0.39 is 5.82 Å². The molecule has 4 heterocycles. The molecule has 1 aromatic heterocycles. The number of morpholine rings is 1. The fraction of sp³-hybridized carbons (Fsp3) is 0.556. The van der Waals surface area contributed by atoms with Crippen LogP contribution in [0.25, 0.3) is 0 Å². The van der Waals surface area contributed by atoms with Crippen molar-refractivity contribution in [2.45, 2.75) is 76.9 Å². The minimum atomic E-state index is -0.399. The molecule has 1 aliphatic carbocycles. The second-order valence-corrected chi connectivity index (χ2v) is 10.6. The topological polar surface area (TPSA) is 66.9 Å². The molecule has 186 valence electrons. The summed E-state index contributed by atoms with van der Waals surface area (Å²) in [7, 11) is 0. The Morgan fingerprint density at radius 3 is 2.77 bits per heavy atom. The van der Waals surface area contributed by atoms with Crippen LogP contribution in [-0.2, 0) is 20.8 Å². The third kappa shape index (κ3) is 4.38. The SMILES string of the molecule is CC(C)OC1CCC(C(=O)N2Cc3cc(F)cnc3Nc3ccc(N4CC5C[C@H]4CO5)cc32)CC1. The maximum Gasteiger partial charge on any atom is 0.230 e. The zero-order valence-corrected chi connectivity index (χ0v) is 20.4. The Morgan fingerprint density at radius 2 is 2.06 bits per heavy atom. The molecule has 1 unspecified atom stereocenters. The fourth-order valence-corrected chi connectivity index (χ4v) is 6.09. The molecule has 2 atom stereocenters. The molecular formula is C27H33FN4O3. The Kier molecular flexibility index (Phi) is 5.89. The molecular weight excluding hydrogens is 447 g/mol. The Hall–Kier alpha value is -2.71. The number of hydrogen-bond acceptors (Lipinski definition) is 6. The van der Waals surface area contributed by atoms with Gasteiger partial charge in [0.15, 0.2) is 0 Å². The Labute approximate surface area is 205 Å². The van der Waals surface area contributed by atoms with Crippen molar-refractivity contribution in [2.75, 3.05) is 28.3 Å². The zero-order chi connectivity index (χ0) is 24.1. The number of nitrogens with one attached hydrogen (secondary N) is 1.